The summed E-state index contributed by atoms with van der Waals surface area (Å²) in [6.07, 6.45) is 1.15. The topological polar surface area (TPSA) is 79.0 Å². The zero-order valence-electron chi connectivity index (χ0n) is 17.2. The molecule has 4 rings (SSSR count). The first kappa shape index (κ1) is 19.9. The number of nitrogens with zero attached hydrogens (tertiary/aromatic N) is 2. The summed E-state index contributed by atoms with van der Waals surface area (Å²) in [5, 5.41) is 2.82. The van der Waals surface area contributed by atoms with Crippen LogP contribution in [0.25, 0.3) is 0 Å². The second-order valence-electron chi connectivity index (χ2n) is 7.64. The number of hydrogen-bond donors (Lipinski definition) is 1. The van der Waals surface area contributed by atoms with Crippen molar-refractivity contribution < 1.29 is 19.1 Å². The Labute approximate surface area is 175 Å². The Balaban J connectivity index is 1.51. The smallest absolute Gasteiger partial charge is 0.325 e. The first-order valence-corrected chi connectivity index (χ1v) is 10.1. The molecule has 0 spiro atoms. The molecule has 0 unspecified atom stereocenters. The third kappa shape index (κ3) is 3.30. The lowest BCUT2D eigenvalue weighted by molar-refractivity contribution is -0.139. The van der Waals surface area contributed by atoms with Crippen molar-refractivity contribution in [3.8, 4) is 5.75 Å². The van der Waals surface area contributed by atoms with Crippen LogP contribution in [-0.4, -0.2) is 47.8 Å². The molecule has 156 valence electrons. The van der Waals surface area contributed by atoms with Crippen molar-refractivity contribution >= 4 is 17.8 Å². The number of benzene rings is 2. The van der Waals surface area contributed by atoms with E-state index in [1.807, 2.05) is 25.1 Å². The molecule has 0 bridgehead atoms. The van der Waals surface area contributed by atoms with Gasteiger partial charge in [-0.15, -0.1) is 0 Å². The fourth-order valence-electron chi connectivity index (χ4n) is 4.23. The van der Waals surface area contributed by atoms with Crippen molar-refractivity contribution in [2.45, 2.75) is 31.8 Å². The predicted molar refractivity (Wildman–Crippen MR) is 111 cm³/mol. The van der Waals surface area contributed by atoms with Crippen LogP contribution >= 0.6 is 0 Å². The van der Waals surface area contributed by atoms with Crippen molar-refractivity contribution in [3.63, 3.8) is 0 Å². The summed E-state index contributed by atoms with van der Waals surface area (Å²) in [6.45, 7) is 2.66. The minimum absolute atomic E-state index is 0.227. The third-order valence-electron chi connectivity index (χ3n) is 6.07. The molecule has 1 N–H and O–H groups in total. The lowest BCUT2D eigenvalue weighted by atomic mass is 9.87. The summed E-state index contributed by atoms with van der Waals surface area (Å²) in [4.78, 5) is 41.6. The second-order valence-corrected chi connectivity index (χ2v) is 7.64. The largest absolute Gasteiger partial charge is 0.497 e. The molecule has 2 aromatic carbocycles. The van der Waals surface area contributed by atoms with Gasteiger partial charge in [-0.25, -0.2) is 4.79 Å². The lowest BCUT2D eigenvalue weighted by Gasteiger charge is -2.30. The Morgan fingerprint density at radius 3 is 2.47 bits per heavy atom. The standard InChI is InChI=1S/C23H25N3O4/c1-3-23(18-8-10-19(30-2)11-9-18)21(28)26(22(29)24-23)15-20(27)25-13-12-16-6-4-5-7-17(16)14-25/h4-11H,3,12-15H2,1-2H3,(H,24,29)/t23-/m0/s1. The average Bonchev–Trinajstić information content (AvgIpc) is 3.03. The van der Waals surface area contributed by atoms with E-state index < -0.39 is 17.5 Å². The molecule has 1 atom stereocenters. The van der Waals surface area contributed by atoms with E-state index in [9.17, 15) is 14.4 Å². The van der Waals surface area contributed by atoms with Crippen molar-refractivity contribution in [1.82, 2.24) is 15.1 Å². The summed E-state index contributed by atoms with van der Waals surface area (Å²) < 4.78 is 5.18. The molecule has 0 aromatic heterocycles. The van der Waals surface area contributed by atoms with Crippen molar-refractivity contribution in [2.24, 2.45) is 0 Å². The fraction of sp³-hybridized carbons (Fsp3) is 0.348. The third-order valence-corrected chi connectivity index (χ3v) is 6.07. The number of methoxy groups -OCH3 is 1. The van der Waals surface area contributed by atoms with Crippen LogP contribution in [0.1, 0.15) is 30.0 Å². The summed E-state index contributed by atoms with van der Waals surface area (Å²) in [5.74, 6) is 0.0414. The number of fused-ring (bicyclic) bond motifs is 1. The van der Waals surface area contributed by atoms with Crippen LogP contribution in [-0.2, 0) is 28.1 Å². The van der Waals surface area contributed by atoms with Crippen LogP contribution in [0.5, 0.6) is 5.75 Å². The maximum Gasteiger partial charge on any atom is 0.325 e. The van der Waals surface area contributed by atoms with Crippen LogP contribution in [0.15, 0.2) is 48.5 Å². The molecule has 0 radical (unpaired) electrons. The Hall–Kier alpha value is -3.35. The first-order chi connectivity index (χ1) is 14.5. The van der Waals surface area contributed by atoms with Crippen LogP contribution < -0.4 is 10.1 Å². The number of carbonyl (C=O) groups is 3. The van der Waals surface area contributed by atoms with E-state index in [-0.39, 0.29) is 12.5 Å². The van der Waals surface area contributed by atoms with Crippen LogP contribution in [0.4, 0.5) is 4.79 Å². The van der Waals surface area contributed by atoms with E-state index in [2.05, 4.69) is 11.4 Å². The summed E-state index contributed by atoms with van der Waals surface area (Å²) in [7, 11) is 1.57. The quantitative estimate of drug-likeness (QED) is 0.773. The Morgan fingerprint density at radius 2 is 1.80 bits per heavy atom. The van der Waals surface area contributed by atoms with E-state index in [4.69, 9.17) is 4.74 Å². The van der Waals surface area contributed by atoms with Gasteiger partial charge in [-0.05, 0) is 41.7 Å². The van der Waals surface area contributed by atoms with Gasteiger partial charge in [0.05, 0.1) is 7.11 Å². The molecular weight excluding hydrogens is 382 g/mol. The molecule has 2 aromatic rings. The second kappa shape index (κ2) is 7.82. The fourth-order valence-corrected chi connectivity index (χ4v) is 4.23. The minimum atomic E-state index is -1.17. The average molecular weight is 407 g/mol. The van der Waals surface area contributed by atoms with Crippen LogP contribution in [0, 0.1) is 0 Å². The van der Waals surface area contributed by atoms with Gasteiger partial charge in [0, 0.05) is 13.1 Å². The van der Waals surface area contributed by atoms with Gasteiger partial charge in [-0.1, -0.05) is 43.3 Å². The van der Waals surface area contributed by atoms with E-state index in [0.717, 1.165) is 16.9 Å². The highest BCUT2D eigenvalue weighted by Gasteiger charge is 2.51. The number of nitrogens with one attached hydrogen (secondary N) is 1. The summed E-state index contributed by atoms with van der Waals surface area (Å²) >= 11 is 0. The molecule has 2 heterocycles. The highest BCUT2D eigenvalue weighted by atomic mass is 16.5. The molecule has 4 amide bonds. The van der Waals surface area contributed by atoms with Gasteiger partial charge >= 0.3 is 6.03 Å². The number of amides is 4. The van der Waals surface area contributed by atoms with Gasteiger partial charge in [-0.3, -0.25) is 14.5 Å². The molecule has 2 aliphatic rings. The number of ether oxygens (including phenoxy) is 1. The first-order valence-electron chi connectivity index (χ1n) is 10.1. The number of rotatable bonds is 5. The Morgan fingerprint density at radius 1 is 1.10 bits per heavy atom. The molecular formula is C23H25N3O4. The summed E-state index contributed by atoms with van der Waals surface area (Å²) in [5.41, 5.74) is 1.85. The molecule has 0 saturated carbocycles. The van der Waals surface area contributed by atoms with E-state index in [0.29, 0.717) is 30.8 Å². The zero-order valence-corrected chi connectivity index (χ0v) is 17.2. The molecule has 30 heavy (non-hydrogen) atoms. The van der Waals surface area contributed by atoms with E-state index in [1.54, 1.807) is 36.3 Å². The van der Waals surface area contributed by atoms with Gasteiger partial charge < -0.3 is 15.0 Å². The minimum Gasteiger partial charge on any atom is -0.497 e. The van der Waals surface area contributed by atoms with Crippen molar-refractivity contribution in [3.05, 3.63) is 65.2 Å². The number of carbonyl (C=O) groups excluding carboxylic acids is 3. The zero-order chi connectivity index (χ0) is 21.3. The SMILES string of the molecule is CC[C@@]1(c2ccc(OC)cc2)NC(=O)N(CC(=O)N2CCc3ccccc3C2)C1=O. The van der Waals surface area contributed by atoms with Crippen molar-refractivity contribution in [1.29, 1.82) is 0 Å². The normalized spacial score (nSPS) is 20.7. The highest BCUT2D eigenvalue weighted by molar-refractivity contribution is 6.09. The number of urea groups is 1. The van der Waals surface area contributed by atoms with Gasteiger partial charge in [0.15, 0.2) is 0 Å². The lowest BCUT2D eigenvalue weighted by Crippen LogP contribution is -2.46. The maximum atomic E-state index is 13.3. The summed E-state index contributed by atoms with van der Waals surface area (Å²) in [6, 6.07) is 14.5. The van der Waals surface area contributed by atoms with Gasteiger partial charge in [0.2, 0.25) is 5.91 Å². The number of imide groups is 1. The van der Waals surface area contributed by atoms with Crippen LogP contribution in [0.3, 0.4) is 0 Å². The van der Waals surface area contributed by atoms with Gasteiger partial charge in [-0.2, -0.15) is 0 Å². The monoisotopic (exact) mass is 407 g/mol. The highest BCUT2D eigenvalue weighted by Crippen LogP contribution is 2.33. The van der Waals surface area contributed by atoms with E-state index in [1.165, 1.54) is 5.56 Å². The Bertz CT molecular complexity index is 988. The molecule has 1 saturated heterocycles. The maximum absolute atomic E-state index is 13.3. The Kier molecular flexibility index (Phi) is 5.20. The molecule has 7 nitrogen and oxygen atoms in total. The van der Waals surface area contributed by atoms with Gasteiger partial charge in [0.25, 0.3) is 5.91 Å². The van der Waals surface area contributed by atoms with Crippen molar-refractivity contribution in [2.75, 3.05) is 20.2 Å². The number of hydrogen-bond acceptors (Lipinski definition) is 4. The van der Waals surface area contributed by atoms with Gasteiger partial charge in [0.1, 0.15) is 17.8 Å². The predicted octanol–water partition coefficient (Wildman–Crippen LogP) is 2.44. The molecule has 7 heteroatoms. The van der Waals surface area contributed by atoms with Crippen LogP contribution in [0.2, 0.25) is 0 Å². The molecule has 2 aliphatic heterocycles. The van der Waals surface area contributed by atoms with E-state index >= 15 is 0 Å². The molecule has 0 aliphatic carbocycles. The molecule has 1 fully saturated rings.